The molecule has 0 bridgehead atoms. The molecule has 0 radical (unpaired) electrons. The number of β-amino-alcohol motifs (C(OH)–C–C–N with tert-alkyl or cyclic N) is 1. The Bertz CT molecular complexity index is 772. The van der Waals surface area contributed by atoms with Crippen LogP contribution in [0.5, 0.6) is 0 Å². The first-order chi connectivity index (χ1) is 12.4. The molecule has 1 fully saturated rings. The van der Waals surface area contributed by atoms with Gasteiger partial charge in [0.05, 0.1) is 25.5 Å². The summed E-state index contributed by atoms with van der Waals surface area (Å²) in [6.45, 7) is 3.68. The lowest BCUT2D eigenvalue weighted by atomic mass is 9.91. The maximum atomic E-state index is 12.8. The van der Waals surface area contributed by atoms with Crippen LogP contribution < -0.4 is 5.32 Å². The van der Waals surface area contributed by atoms with E-state index in [1.165, 1.54) is 6.26 Å². The van der Waals surface area contributed by atoms with Crippen molar-refractivity contribution in [2.45, 2.75) is 32.1 Å². The van der Waals surface area contributed by atoms with Gasteiger partial charge < -0.3 is 19.6 Å². The number of benzene rings is 1. The van der Waals surface area contributed by atoms with Gasteiger partial charge in [-0.05, 0) is 31.5 Å². The Balaban J connectivity index is 1.60. The molecule has 1 aromatic heterocycles. The molecule has 2 aromatic rings. The highest BCUT2D eigenvalue weighted by molar-refractivity contribution is 6.07. The number of hydrogen-bond acceptors (Lipinski definition) is 5. The highest BCUT2D eigenvalue weighted by atomic mass is 16.5. The van der Waals surface area contributed by atoms with E-state index in [1.807, 2.05) is 31.2 Å². The van der Waals surface area contributed by atoms with E-state index in [1.54, 1.807) is 19.1 Å². The van der Waals surface area contributed by atoms with Crippen LogP contribution in [0.25, 0.3) is 0 Å². The molecule has 2 N–H and O–H groups in total. The molecule has 1 aliphatic rings. The SMILES string of the molecule is Cc1ccc([C@]2(C)NC(=O)N(C[C@@H](O)COCc3ccco3)C2=O)cc1. The Morgan fingerprint density at radius 3 is 2.65 bits per heavy atom. The lowest BCUT2D eigenvalue weighted by Crippen LogP contribution is -2.42. The first-order valence-corrected chi connectivity index (χ1v) is 8.39. The highest BCUT2D eigenvalue weighted by Crippen LogP contribution is 2.29. The van der Waals surface area contributed by atoms with Gasteiger partial charge in [0, 0.05) is 0 Å². The fraction of sp³-hybridized carbons (Fsp3) is 0.368. The van der Waals surface area contributed by atoms with Crippen molar-refractivity contribution in [3.8, 4) is 0 Å². The average molecular weight is 358 g/mol. The lowest BCUT2D eigenvalue weighted by Gasteiger charge is -2.23. The van der Waals surface area contributed by atoms with Gasteiger partial charge in [-0.25, -0.2) is 4.79 Å². The smallest absolute Gasteiger partial charge is 0.325 e. The number of furan rings is 1. The topological polar surface area (TPSA) is 92.0 Å². The molecule has 138 valence electrons. The molecule has 26 heavy (non-hydrogen) atoms. The molecule has 0 unspecified atom stereocenters. The third kappa shape index (κ3) is 3.63. The van der Waals surface area contributed by atoms with E-state index in [-0.39, 0.29) is 19.8 Å². The Morgan fingerprint density at radius 2 is 2.00 bits per heavy atom. The van der Waals surface area contributed by atoms with Crippen LogP contribution in [0.4, 0.5) is 4.79 Å². The Kier molecular flexibility index (Phi) is 5.11. The van der Waals surface area contributed by atoms with E-state index in [0.29, 0.717) is 11.3 Å². The zero-order valence-corrected chi connectivity index (χ0v) is 14.8. The second kappa shape index (κ2) is 7.31. The molecule has 1 aliphatic heterocycles. The van der Waals surface area contributed by atoms with Gasteiger partial charge in [-0.1, -0.05) is 29.8 Å². The molecule has 1 aromatic carbocycles. The van der Waals surface area contributed by atoms with Crippen LogP contribution in [0, 0.1) is 6.92 Å². The monoisotopic (exact) mass is 358 g/mol. The first-order valence-electron chi connectivity index (χ1n) is 8.39. The fourth-order valence-corrected chi connectivity index (χ4v) is 2.90. The molecular formula is C19H22N2O5. The number of carbonyl (C=O) groups excluding carboxylic acids is 2. The van der Waals surface area contributed by atoms with Crippen LogP contribution in [0.1, 0.15) is 23.8 Å². The van der Waals surface area contributed by atoms with Crippen molar-refractivity contribution in [1.82, 2.24) is 10.2 Å². The first kappa shape index (κ1) is 18.2. The minimum Gasteiger partial charge on any atom is -0.467 e. The molecule has 2 heterocycles. The fourth-order valence-electron chi connectivity index (χ4n) is 2.90. The average Bonchev–Trinajstić information content (AvgIpc) is 3.19. The number of hydrogen-bond donors (Lipinski definition) is 2. The van der Waals surface area contributed by atoms with Gasteiger partial charge in [0.2, 0.25) is 0 Å². The normalized spacial score (nSPS) is 21.1. The van der Waals surface area contributed by atoms with Crippen LogP contribution in [-0.4, -0.2) is 41.2 Å². The van der Waals surface area contributed by atoms with E-state index in [2.05, 4.69) is 5.32 Å². The van der Waals surface area contributed by atoms with Gasteiger partial charge >= 0.3 is 6.03 Å². The summed E-state index contributed by atoms with van der Waals surface area (Å²) in [4.78, 5) is 26.1. The van der Waals surface area contributed by atoms with Gasteiger partial charge in [0.15, 0.2) is 0 Å². The van der Waals surface area contributed by atoms with Crippen LogP contribution in [0.15, 0.2) is 47.1 Å². The molecule has 0 spiro atoms. The standard InChI is InChI=1S/C19H22N2O5/c1-13-5-7-14(8-6-13)19(2)17(23)21(18(24)20-19)10-15(22)11-25-12-16-4-3-9-26-16/h3-9,15,22H,10-12H2,1-2H3,(H,20,24)/t15-,19+/m1/s1. The third-order valence-corrected chi connectivity index (χ3v) is 4.43. The van der Waals surface area contributed by atoms with Gasteiger partial charge in [-0.15, -0.1) is 0 Å². The maximum absolute atomic E-state index is 12.8. The summed E-state index contributed by atoms with van der Waals surface area (Å²) in [7, 11) is 0. The van der Waals surface area contributed by atoms with Crippen molar-refractivity contribution in [3.63, 3.8) is 0 Å². The summed E-state index contributed by atoms with van der Waals surface area (Å²) in [5.74, 6) is 0.246. The molecule has 7 heteroatoms. The Labute approximate surface area is 151 Å². The molecule has 3 amide bonds. The molecule has 0 aliphatic carbocycles. The number of aliphatic hydroxyl groups is 1. The number of carbonyl (C=O) groups is 2. The molecule has 0 saturated carbocycles. The number of nitrogens with one attached hydrogen (secondary N) is 1. The minimum atomic E-state index is -1.14. The predicted octanol–water partition coefficient (Wildman–Crippen LogP) is 1.93. The third-order valence-electron chi connectivity index (χ3n) is 4.43. The maximum Gasteiger partial charge on any atom is 0.325 e. The van der Waals surface area contributed by atoms with Crippen LogP contribution in [0.2, 0.25) is 0 Å². The second-order valence-corrected chi connectivity index (χ2v) is 6.59. The van der Waals surface area contributed by atoms with Gasteiger partial charge in [-0.3, -0.25) is 9.69 Å². The second-order valence-electron chi connectivity index (χ2n) is 6.59. The minimum absolute atomic E-state index is 0.0149. The summed E-state index contributed by atoms with van der Waals surface area (Å²) in [6.07, 6.45) is 0.550. The number of urea groups is 1. The van der Waals surface area contributed by atoms with E-state index >= 15 is 0 Å². The summed E-state index contributed by atoms with van der Waals surface area (Å²) >= 11 is 0. The van der Waals surface area contributed by atoms with Gasteiger partial charge in [0.25, 0.3) is 5.91 Å². The van der Waals surface area contributed by atoms with E-state index in [9.17, 15) is 14.7 Å². The number of amides is 3. The van der Waals surface area contributed by atoms with Crippen molar-refractivity contribution >= 4 is 11.9 Å². The predicted molar refractivity (Wildman–Crippen MR) is 93.1 cm³/mol. The van der Waals surface area contributed by atoms with E-state index in [0.717, 1.165) is 10.5 Å². The number of ether oxygens (including phenoxy) is 1. The van der Waals surface area contributed by atoms with E-state index < -0.39 is 23.6 Å². The van der Waals surface area contributed by atoms with Crippen molar-refractivity contribution in [1.29, 1.82) is 0 Å². The van der Waals surface area contributed by atoms with Crippen LogP contribution >= 0.6 is 0 Å². The quantitative estimate of drug-likeness (QED) is 0.738. The highest BCUT2D eigenvalue weighted by Gasteiger charge is 2.49. The summed E-state index contributed by atoms with van der Waals surface area (Å²) in [5, 5.41) is 12.8. The molecule has 2 atom stereocenters. The zero-order valence-electron chi connectivity index (χ0n) is 14.8. The largest absolute Gasteiger partial charge is 0.467 e. The van der Waals surface area contributed by atoms with Gasteiger partial charge in [-0.2, -0.15) is 0 Å². The van der Waals surface area contributed by atoms with Crippen molar-refractivity contribution < 1.29 is 23.8 Å². The molecule has 3 rings (SSSR count). The summed E-state index contributed by atoms with van der Waals surface area (Å²) < 4.78 is 10.5. The van der Waals surface area contributed by atoms with Crippen molar-refractivity contribution in [2.75, 3.05) is 13.2 Å². The van der Waals surface area contributed by atoms with Crippen molar-refractivity contribution in [3.05, 3.63) is 59.5 Å². The number of aliphatic hydroxyl groups excluding tert-OH is 1. The van der Waals surface area contributed by atoms with Crippen LogP contribution in [-0.2, 0) is 21.7 Å². The van der Waals surface area contributed by atoms with Gasteiger partial charge in [0.1, 0.15) is 17.9 Å². The molecule has 1 saturated heterocycles. The molecule has 7 nitrogen and oxygen atoms in total. The Hall–Kier alpha value is -2.64. The summed E-state index contributed by atoms with van der Waals surface area (Å²) in [5.41, 5.74) is 0.627. The number of rotatable bonds is 7. The molecular weight excluding hydrogens is 336 g/mol. The zero-order chi connectivity index (χ0) is 18.7. The number of nitrogens with zero attached hydrogens (tertiary/aromatic N) is 1. The lowest BCUT2D eigenvalue weighted by molar-refractivity contribution is -0.132. The van der Waals surface area contributed by atoms with Crippen LogP contribution in [0.3, 0.4) is 0 Å². The number of aryl methyl sites for hydroxylation is 1. The number of imide groups is 1. The summed E-state index contributed by atoms with van der Waals surface area (Å²) in [6, 6.07) is 10.4. The van der Waals surface area contributed by atoms with Crippen molar-refractivity contribution in [2.24, 2.45) is 0 Å². The van der Waals surface area contributed by atoms with E-state index in [4.69, 9.17) is 9.15 Å². The Morgan fingerprint density at radius 1 is 1.27 bits per heavy atom.